The number of carbonyl (C=O) groups excluding carboxylic acids is 1. The van der Waals surface area contributed by atoms with Crippen molar-refractivity contribution in [3.05, 3.63) is 61.0 Å². The molecule has 1 aromatic carbocycles. The van der Waals surface area contributed by atoms with Gasteiger partial charge < -0.3 is 15.4 Å². The maximum absolute atomic E-state index is 12.3. The van der Waals surface area contributed by atoms with Gasteiger partial charge >= 0.3 is 5.97 Å². The Bertz CT molecular complexity index is 1140. The number of aryl methyl sites for hydroxylation is 1. The molecular formula is C20H19Cl3N4O2S2. The van der Waals surface area contributed by atoms with E-state index in [2.05, 4.69) is 15.7 Å². The number of esters is 1. The Kier molecular flexibility index (Phi) is 7.82. The zero-order valence-corrected chi connectivity index (χ0v) is 20.8. The SMILES string of the molecule is CCc1c(C)sc(NC(=S)Nc2nn(Cc3ccc(Cl)c(Cl)c3)cc2Cl)c1C(=O)OC. The molecule has 3 rings (SSSR count). The molecule has 0 unspecified atom stereocenters. The van der Waals surface area contributed by atoms with E-state index in [1.165, 1.54) is 18.4 Å². The van der Waals surface area contributed by atoms with Gasteiger partial charge in [-0.15, -0.1) is 11.3 Å². The summed E-state index contributed by atoms with van der Waals surface area (Å²) in [6.07, 6.45) is 2.39. The number of ether oxygens (including phenoxy) is 1. The number of methoxy groups -OCH3 is 1. The van der Waals surface area contributed by atoms with Crippen LogP contribution in [0, 0.1) is 6.92 Å². The van der Waals surface area contributed by atoms with Crippen LogP contribution >= 0.6 is 58.4 Å². The van der Waals surface area contributed by atoms with Crippen LogP contribution in [0.5, 0.6) is 0 Å². The molecule has 0 saturated heterocycles. The summed E-state index contributed by atoms with van der Waals surface area (Å²) in [5.41, 5.74) is 2.35. The number of benzene rings is 1. The van der Waals surface area contributed by atoms with Crippen molar-refractivity contribution in [1.29, 1.82) is 0 Å². The van der Waals surface area contributed by atoms with E-state index >= 15 is 0 Å². The molecule has 3 aromatic rings. The number of hydrogen-bond donors (Lipinski definition) is 2. The first-order chi connectivity index (χ1) is 14.7. The first-order valence-electron chi connectivity index (χ1n) is 9.18. The Hall–Kier alpha value is -1.84. The van der Waals surface area contributed by atoms with Gasteiger partial charge in [0, 0.05) is 11.1 Å². The fourth-order valence-corrected chi connectivity index (χ4v) is 4.96. The van der Waals surface area contributed by atoms with E-state index in [0.717, 1.165) is 16.0 Å². The average molecular weight is 518 g/mol. The number of nitrogens with zero attached hydrogens (tertiary/aromatic N) is 2. The Morgan fingerprint density at radius 2 is 1.97 bits per heavy atom. The molecule has 0 spiro atoms. The monoisotopic (exact) mass is 516 g/mol. The quantitative estimate of drug-likeness (QED) is 0.290. The highest BCUT2D eigenvalue weighted by atomic mass is 35.5. The second-order valence-corrected chi connectivity index (χ2v) is 9.39. The standard InChI is InChI=1S/C20H19Cl3N4O2S2/c1-4-12-10(2)31-18(16(12)19(28)29-3)25-20(30)24-17-15(23)9-27(26-17)8-11-5-6-13(21)14(22)7-11/h5-7,9H,4,8H2,1-3H3,(H2,24,25,26,30). The fourth-order valence-electron chi connectivity index (χ4n) is 3.04. The zero-order valence-electron chi connectivity index (χ0n) is 16.9. The third-order valence-electron chi connectivity index (χ3n) is 4.46. The molecule has 0 aliphatic rings. The van der Waals surface area contributed by atoms with Crippen LogP contribution in [0.4, 0.5) is 10.8 Å². The van der Waals surface area contributed by atoms with Gasteiger partial charge in [0.2, 0.25) is 0 Å². The van der Waals surface area contributed by atoms with Gasteiger partial charge in [0.1, 0.15) is 10.0 Å². The number of rotatable bonds is 6. The highest BCUT2D eigenvalue weighted by Crippen LogP contribution is 2.34. The summed E-state index contributed by atoms with van der Waals surface area (Å²) in [7, 11) is 1.36. The van der Waals surface area contributed by atoms with Gasteiger partial charge in [-0.3, -0.25) is 4.68 Å². The molecule has 2 aromatic heterocycles. The second-order valence-electron chi connectivity index (χ2n) is 6.54. The highest BCUT2D eigenvalue weighted by Gasteiger charge is 2.22. The van der Waals surface area contributed by atoms with E-state index in [9.17, 15) is 4.79 Å². The highest BCUT2D eigenvalue weighted by molar-refractivity contribution is 7.80. The van der Waals surface area contributed by atoms with Crippen LogP contribution in [0.15, 0.2) is 24.4 Å². The molecule has 31 heavy (non-hydrogen) atoms. The Balaban J connectivity index is 1.74. The first kappa shape index (κ1) is 23.8. The summed E-state index contributed by atoms with van der Waals surface area (Å²) in [5.74, 6) is -0.0155. The van der Waals surface area contributed by atoms with Crippen molar-refractivity contribution in [3.8, 4) is 0 Å². The van der Waals surface area contributed by atoms with Crippen LogP contribution in [-0.2, 0) is 17.7 Å². The van der Waals surface area contributed by atoms with Crippen molar-refractivity contribution in [2.45, 2.75) is 26.8 Å². The minimum Gasteiger partial charge on any atom is -0.465 e. The molecule has 0 bridgehead atoms. The summed E-state index contributed by atoms with van der Waals surface area (Å²) in [6, 6.07) is 5.37. The molecule has 0 saturated carbocycles. The van der Waals surface area contributed by atoms with Gasteiger partial charge in [0.25, 0.3) is 0 Å². The third kappa shape index (κ3) is 5.51. The van der Waals surface area contributed by atoms with Gasteiger partial charge in [-0.2, -0.15) is 5.10 Å². The molecule has 2 N–H and O–H groups in total. The first-order valence-corrected chi connectivity index (χ1v) is 11.5. The van der Waals surface area contributed by atoms with E-state index in [-0.39, 0.29) is 5.11 Å². The predicted octanol–water partition coefficient (Wildman–Crippen LogP) is 6.42. The van der Waals surface area contributed by atoms with Crippen molar-refractivity contribution in [3.63, 3.8) is 0 Å². The summed E-state index contributed by atoms with van der Waals surface area (Å²) < 4.78 is 6.60. The third-order valence-corrected chi connectivity index (χ3v) is 6.74. The lowest BCUT2D eigenvalue weighted by Gasteiger charge is -2.10. The summed E-state index contributed by atoms with van der Waals surface area (Å²) in [4.78, 5) is 13.3. The molecule has 0 fully saturated rings. The molecule has 0 amide bonds. The molecule has 164 valence electrons. The molecule has 0 aliphatic carbocycles. The Morgan fingerprint density at radius 3 is 2.61 bits per heavy atom. The van der Waals surface area contributed by atoms with E-state index in [1.807, 2.05) is 19.9 Å². The zero-order chi connectivity index (χ0) is 22.7. The number of carbonyl (C=O) groups is 1. The molecule has 2 heterocycles. The predicted molar refractivity (Wildman–Crippen MR) is 132 cm³/mol. The van der Waals surface area contributed by atoms with Gasteiger partial charge in [-0.05, 0) is 48.8 Å². The van der Waals surface area contributed by atoms with Gasteiger partial charge in [-0.25, -0.2) is 4.79 Å². The van der Waals surface area contributed by atoms with Crippen LogP contribution in [-0.4, -0.2) is 28.0 Å². The van der Waals surface area contributed by atoms with Gasteiger partial charge in [-0.1, -0.05) is 47.8 Å². The molecule has 11 heteroatoms. The number of hydrogen-bond acceptors (Lipinski definition) is 5. The van der Waals surface area contributed by atoms with Crippen molar-refractivity contribution >= 4 is 80.3 Å². The lowest BCUT2D eigenvalue weighted by atomic mass is 10.1. The van der Waals surface area contributed by atoms with Crippen LogP contribution in [0.2, 0.25) is 15.1 Å². The van der Waals surface area contributed by atoms with Crippen LogP contribution in [0.25, 0.3) is 0 Å². The summed E-state index contributed by atoms with van der Waals surface area (Å²) in [6.45, 7) is 4.40. The Labute approximate surface area is 204 Å². The van der Waals surface area contributed by atoms with Crippen molar-refractivity contribution in [2.75, 3.05) is 17.7 Å². The van der Waals surface area contributed by atoms with Gasteiger partial charge in [0.05, 0.1) is 29.3 Å². The Morgan fingerprint density at radius 1 is 1.23 bits per heavy atom. The maximum Gasteiger partial charge on any atom is 0.341 e. The smallest absolute Gasteiger partial charge is 0.341 e. The molecule has 0 atom stereocenters. The molecule has 0 radical (unpaired) electrons. The fraction of sp³-hybridized carbons (Fsp3) is 0.250. The number of halogens is 3. The molecule has 0 aliphatic heterocycles. The van der Waals surface area contributed by atoms with E-state index in [1.54, 1.807) is 23.0 Å². The largest absolute Gasteiger partial charge is 0.465 e. The number of aromatic nitrogens is 2. The second kappa shape index (κ2) is 10.2. The minimum atomic E-state index is -0.407. The van der Waals surface area contributed by atoms with E-state index < -0.39 is 5.97 Å². The molecular weight excluding hydrogens is 499 g/mol. The number of nitrogens with one attached hydrogen (secondary N) is 2. The number of thiocarbonyl (C=S) groups is 1. The summed E-state index contributed by atoms with van der Waals surface area (Å²) in [5, 5.41) is 12.7. The van der Waals surface area contributed by atoms with Crippen molar-refractivity contribution in [2.24, 2.45) is 0 Å². The summed E-state index contributed by atoms with van der Waals surface area (Å²) >= 11 is 25.2. The van der Waals surface area contributed by atoms with Crippen LogP contribution in [0.1, 0.15) is 33.3 Å². The number of thiophene rings is 1. The normalized spacial score (nSPS) is 10.8. The van der Waals surface area contributed by atoms with Crippen molar-refractivity contribution in [1.82, 2.24) is 9.78 Å². The van der Waals surface area contributed by atoms with Crippen molar-refractivity contribution < 1.29 is 9.53 Å². The average Bonchev–Trinajstić information content (AvgIpc) is 3.22. The molecule has 6 nitrogen and oxygen atoms in total. The lowest BCUT2D eigenvalue weighted by molar-refractivity contribution is 0.0601. The van der Waals surface area contributed by atoms with Crippen LogP contribution < -0.4 is 10.6 Å². The topological polar surface area (TPSA) is 68.2 Å². The van der Waals surface area contributed by atoms with E-state index in [4.69, 9.17) is 51.8 Å². The maximum atomic E-state index is 12.3. The van der Waals surface area contributed by atoms with Gasteiger partial charge in [0.15, 0.2) is 10.9 Å². The lowest BCUT2D eigenvalue weighted by Crippen LogP contribution is -2.21. The number of anilines is 2. The minimum absolute atomic E-state index is 0.260. The van der Waals surface area contributed by atoms with Crippen LogP contribution in [0.3, 0.4) is 0 Å². The van der Waals surface area contributed by atoms with E-state index in [0.29, 0.717) is 44.4 Å².